The molecule has 0 aliphatic heterocycles. The summed E-state index contributed by atoms with van der Waals surface area (Å²) in [6.45, 7) is -1.28. The molecule has 2 amide bonds. The number of carbonyl (C=O) groups excluding carboxylic acids is 2. The minimum absolute atomic E-state index is 0.0654. The number of aliphatic hydroxyl groups is 2. The van der Waals surface area contributed by atoms with Gasteiger partial charge in [-0.25, -0.2) is 0 Å². The van der Waals surface area contributed by atoms with Gasteiger partial charge in [-0.3, -0.25) is 14.7 Å². The number of anilines is 1. The highest BCUT2D eigenvalue weighted by atomic mass is 35.5. The summed E-state index contributed by atoms with van der Waals surface area (Å²) in [5.74, 6) is -1.17. The molecule has 0 radical (unpaired) electrons. The van der Waals surface area contributed by atoms with Crippen LogP contribution in [0.15, 0.2) is 18.5 Å². The monoisotopic (exact) mass is 411 g/mol. The van der Waals surface area contributed by atoms with E-state index in [4.69, 9.17) is 33.4 Å². The molecule has 2 aromatic heterocycles. The minimum atomic E-state index is -0.702. The van der Waals surface area contributed by atoms with Crippen molar-refractivity contribution in [3.05, 3.63) is 34.2 Å². The fourth-order valence-electron chi connectivity index (χ4n) is 2.74. The molecule has 142 valence electrons. The average molecular weight is 412 g/mol. The van der Waals surface area contributed by atoms with E-state index < -0.39 is 25.0 Å². The van der Waals surface area contributed by atoms with Crippen LogP contribution in [-0.4, -0.2) is 50.4 Å². The molecule has 0 bridgehead atoms. The van der Waals surface area contributed by atoms with Gasteiger partial charge in [-0.05, 0) is 6.07 Å². The largest absolute Gasteiger partial charge is 0.387 e. The van der Waals surface area contributed by atoms with Gasteiger partial charge in [0.2, 0.25) is 11.8 Å². The quantitative estimate of drug-likeness (QED) is 0.363. The Balaban J connectivity index is 2.24. The number of aliphatic hydroxyl groups excluding tert-OH is 2. The zero-order chi connectivity index (χ0) is 19.6. The van der Waals surface area contributed by atoms with Gasteiger partial charge in [0.15, 0.2) is 0 Å². The lowest BCUT2D eigenvalue weighted by atomic mass is 10.0. The number of aromatic nitrogens is 3. The lowest BCUT2D eigenvalue weighted by Gasteiger charge is -2.10. The Morgan fingerprint density at radius 3 is 2.56 bits per heavy atom. The Bertz CT molecular complexity index is 1000. The van der Waals surface area contributed by atoms with Gasteiger partial charge < -0.3 is 25.8 Å². The summed E-state index contributed by atoms with van der Waals surface area (Å²) in [6, 6.07) is 1.48. The number of benzene rings is 1. The smallest absolute Gasteiger partial charge is 0.250 e. The molecule has 0 saturated heterocycles. The van der Waals surface area contributed by atoms with Crippen LogP contribution in [0.1, 0.15) is 5.69 Å². The summed E-state index contributed by atoms with van der Waals surface area (Å²) in [7, 11) is 0. The number of amides is 2. The van der Waals surface area contributed by atoms with Crippen LogP contribution in [0.4, 0.5) is 5.69 Å². The van der Waals surface area contributed by atoms with Crippen molar-refractivity contribution in [2.24, 2.45) is 0 Å². The zero-order valence-corrected chi connectivity index (χ0v) is 15.3. The van der Waals surface area contributed by atoms with E-state index in [-0.39, 0.29) is 16.6 Å². The minimum Gasteiger partial charge on any atom is -0.387 e. The molecule has 6 N–H and O–H groups in total. The molecule has 0 aliphatic rings. The molecule has 27 heavy (non-hydrogen) atoms. The van der Waals surface area contributed by atoms with E-state index in [1.54, 1.807) is 12.4 Å². The third-order valence-electron chi connectivity index (χ3n) is 3.86. The van der Waals surface area contributed by atoms with E-state index in [9.17, 15) is 9.59 Å². The Hall–Kier alpha value is -2.59. The van der Waals surface area contributed by atoms with Crippen molar-refractivity contribution in [2.45, 2.75) is 6.54 Å². The van der Waals surface area contributed by atoms with Crippen molar-refractivity contribution < 1.29 is 19.8 Å². The van der Waals surface area contributed by atoms with Crippen molar-refractivity contribution in [3.8, 4) is 11.1 Å². The Labute approximate surface area is 162 Å². The Kier molecular flexibility index (Phi) is 5.66. The lowest BCUT2D eigenvalue weighted by molar-refractivity contribution is -0.124. The average Bonchev–Trinajstić information content (AvgIpc) is 3.31. The number of halogens is 2. The number of aromatic amines is 2. The Morgan fingerprint density at radius 1 is 1.19 bits per heavy atom. The number of carbonyl (C=O) groups is 2. The van der Waals surface area contributed by atoms with Crippen LogP contribution in [0.3, 0.4) is 0 Å². The molecule has 0 spiro atoms. The van der Waals surface area contributed by atoms with Crippen LogP contribution < -0.4 is 10.6 Å². The van der Waals surface area contributed by atoms with Crippen LogP contribution in [-0.2, 0) is 16.1 Å². The SMILES string of the molecule is O=C(CO)NCc1[nH]c2c(Cl)c(Cl)cc(NC(=O)CO)c2c1-c1cn[nH]c1. The molecular weight excluding hydrogens is 397 g/mol. The second kappa shape index (κ2) is 7.97. The van der Waals surface area contributed by atoms with E-state index in [1.165, 1.54) is 6.07 Å². The maximum Gasteiger partial charge on any atom is 0.250 e. The molecule has 1 aromatic carbocycles. The summed E-state index contributed by atoms with van der Waals surface area (Å²) >= 11 is 12.5. The van der Waals surface area contributed by atoms with E-state index in [2.05, 4.69) is 25.8 Å². The Morgan fingerprint density at radius 2 is 1.93 bits per heavy atom. The summed E-state index contributed by atoms with van der Waals surface area (Å²) in [5.41, 5.74) is 2.65. The topological polar surface area (TPSA) is 143 Å². The first kappa shape index (κ1) is 19.2. The summed E-state index contributed by atoms with van der Waals surface area (Å²) < 4.78 is 0. The molecule has 3 rings (SSSR count). The molecule has 3 aromatic rings. The highest BCUT2D eigenvalue weighted by Gasteiger charge is 2.22. The van der Waals surface area contributed by atoms with Crippen LogP contribution in [0.5, 0.6) is 0 Å². The summed E-state index contributed by atoms with van der Waals surface area (Å²) in [4.78, 5) is 26.3. The van der Waals surface area contributed by atoms with Crippen molar-refractivity contribution in [1.82, 2.24) is 20.5 Å². The second-order valence-electron chi connectivity index (χ2n) is 5.58. The van der Waals surface area contributed by atoms with Crippen molar-refractivity contribution >= 4 is 51.6 Å². The molecule has 0 aliphatic carbocycles. The standard InChI is InChI=1S/C16H15Cl2N5O4/c17-8-1-9(22-12(27)6-25)14-13(7-2-20-21-3-7)10(4-19-11(26)5-24)23-16(14)15(8)18/h1-3,23-25H,4-6H2,(H,19,26)(H,20,21)(H,22,27). The first-order valence-electron chi connectivity index (χ1n) is 7.76. The summed E-state index contributed by atoms with van der Waals surface area (Å²) in [6.07, 6.45) is 3.21. The van der Waals surface area contributed by atoms with E-state index in [1.807, 2.05) is 0 Å². The molecule has 11 heteroatoms. The van der Waals surface area contributed by atoms with Crippen LogP contribution >= 0.6 is 23.2 Å². The number of fused-ring (bicyclic) bond motifs is 1. The van der Waals surface area contributed by atoms with Crippen molar-refractivity contribution in [3.63, 3.8) is 0 Å². The molecular formula is C16H15Cl2N5O4. The fraction of sp³-hybridized carbons (Fsp3) is 0.188. The van der Waals surface area contributed by atoms with Crippen LogP contribution in [0, 0.1) is 0 Å². The maximum absolute atomic E-state index is 11.7. The predicted molar refractivity (Wildman–Crippen MR) is 101 cm³/mol. The molecule has 9 nitrogen and oxygen atoms in total. The van der Waals surface area contributed by atoms with E-state index in [0.29, 0.717) is 33.4 Å². The van der Waals surface area contributed by atoms with Crippen molar-refractivity contribution in [1.29, 1.82) is 0 Å². The second-order valence-corrected chi connectivity index (χ2v) is 6.36. The van der Waals surface area contributed by atoms with Crippen LogP contribution in [0.2, 0.25) is 10.0 Å². The first-order valence-corrected chi connectivity index (χ1v) is 8.51. The van der Waals surface area contributed by atoms with E-state index in [0.717, 1.165) is 0 Å². The van der Waals surface area contributed by atoms with Gasteiger partial charge >= 0.3 is 0 Å². The lowest BCUT2D eigenvalue weighted by Crippen LogP contribution is -2.25. The van der Waals surface area contributed by atoms with Gasteiger partial charge in [-0.2, -0.15) is 5.10 Å². The van der Waals surface area contributed by atoms with Gasteiger partial charge in [-0.15, -0.1) is 0 Å². The number of nitrogens with zero attached hydrogens (tertiary/aromatic N) is 1. The highest BCUT2D eigenvalue weighted by molar-refractivity contribution is 6.46. The van der Waals surface area contributed by atoms with Gasteiger partial charge in [0, 0.05) is 28.4 Å². The van der Waals surface area contributed by atoms with Gasteiger partial charge in [0.05, 0.1) is 34.0 Å². The molecule has 0 unspecified atom stereocenters. The van der Waals surface area contributed by atoms with Gasteiger partial charge in [0.1, 0.15) is 13.2 Å². The third-order valence-corrected chi connectivity index (χ3v) is 4.65. The molecule has 0 saturated carbocycles. The highest BCUT2D eigenvalue weighted by Crippen LogP contribution is 2.43. The van der Waals surface area contributed by atoms with E-state index >= 15 is 0 Å². The van der Waals surface area contributed by atoms with Crippen LogP contribution in [0.25, 0.3) is 22.0 Å². The number of H-pyrrole nitrogens is 2. The fourth-order valence-corrected chi connectivity index (χ4v) is 3.14. The molecule has 0 fully saturated rings. The number of nitrogens with one attached hydrogen (secondary N) is 4. The predicted octanol–water partition coefficient (Wildman–Crippen LogP) is 1.40. The molecule has 2 heterocycles. The van der Waals surface area contributed by atoms with Crippen molar-refractivity contribution in [2.75, 3.05) is 18.5 Å². The normalized spacial score (nSPS) is 11.0. The maximum atomic E-state index is 11.7. The first-order chi connectivity index (χ1) is 13.0. The summed E-state index contributed by atoms with van der Waals surface area (Å²) in [5, 5.41) is 30.7. The van der Waals surface area contributed by atoms with Gasteiger partial charge in [0.25, 0.3) is 0 Å². The number of hydrogen-bond acceptors (Lipinski definition) is 5. The molecule has 0 atom stereocenters. The third kappa shape index (κ3) is 3.76. The number of rotatable bonds is 6. The number of hydrogen-bond donors (Lipinski definition) is 6. The zero-order valence-electron chi connectivity index (χ0n) is 13.8. The van der Waals surface area contributed by atoms with Gasteiger partial charge in [-0.1, -0.05) is 23.2 Å².